The fraction of sp³-hybridized carbons (Fsp3) is 0.417. The number of halogens is 2. The second kappa shape index (κ2) is 7.84. The molecule has 1 aromatic rings. The fourth-order valence-electron chi connectivity index (χ4n) is 1.43. The molecule has 1 N–H and O–H groups in total. The maximum Gasteiger partial charge on any atom is 0.251 e. The Morgan fingerprint density at radius 2 is 2.29 bits per heavy atom. The van der Waals surface area contributed by atoms with Crippen molar-refractivity contribution in [2.45, 2.75) is 12.5 Å². The molecule has 17 heavy (non-hydrogen) atoms. The topological polar surface area (TPSA) is 38.3 Å². The molecule has 1 amide bonds. The van der Waals surface area contributed by atoms with Crippen LogP contribution in [-0.2, 0) is 4.74 Å². The maximum atomic E-state index is 12.0. The van der Waals surface area contributed by atoms with Gasteiger partial charge < -0.3 is 10.1 Å². The first-order valence-electron chi connectivity index (χ1n) is 5.28. The van der Waals surface area contributed by atoms with Crippen LogP contribution in [0.15, 0.2) is 28.7 Å². The molecule has 0 bridgehead atoms. The van der Waals surface area contributed by atoms with Crippen LogP contribution in [0.3, 0.4) is 0 Å². The van der Waals surface area contributed by atoms with E-state index in [2.05, 4.69) is 37.2 Å². The lowest BCUT2D eigenvalue weighted by Gasteiger charge is -2.16. The molecular weight excluding hydrogens is 350 g/mol. The summed E-state index contributed by atoms with van der Waals surface area (Å²) in [5.41, 5.74) is 0.648. The molecule has 0 aliphatic heterocycles. The van der Waals surface area contributed by atoms with Gasteiger partial charge in [0.05, 0.1) is 12.6 Å². The average molecular weight is 365 g/mol. The zero-order valence-corrected chi connectivity index (χ0v) is 12.8. The largest absolute Gasteiger partial charge is 0.383 e. The lowest BCUT2D eigenvalue weighted by molar-refractivity contribution is 0.0895. The summed E-state index contributed by atoms with van der Waals surface area (Å²) in [6, 6.07) is 7.35. The molecule has 1 unspecified atom stereocenters. The van der Waals surface area contributed by atoms with Crippen LogP contribution in [0.25, 0.3) is 0 Å². The first-order valence-corrected chi connectivity index (χ1v) is 7.20. The van der Waals surface area contributed by atoms with Gasteiger partial charge in [-0.3, -0.25) is 4.79 Å². The number of carbonyl (C=O) groups is 1. The van der Waals surface area contributed by atoms with Gasteiger partial charge in [0.2, 0.25) is 0 Å². The summed E-state index contributed by atoms with van der Waals surface area (Å²) >= 11 is 6.71. The van der Waals surface area contributed by atoms with E-state index < -0.39 is 0 Å². The van der Waals surface area contributed by atoms with Crippen molar-refractivity contribution in [2.75, 3.05) is 19.0 Å². The molecule has 0 aliphatic carbocycles. The van der Waals surface area contributed by atoms with E-state index in [4.69, 9.17) is 4.74 Å². The van der Waals surface area contributed by atoms with Gasteiger partial charge in [-0.1, -0.05) is 37.9 Å². The summed E-state index contributed by atoms with van der Waals surface area (Å²) in [6.45, 7) is 0.519. The van der Waals surface area contributed by atoms with Crippen molar-refractivity contribution >= 4 is 37.8 Å². The molecular formula is C12H15Br2NO2. The van der Waals surface area contributed by atoms with Crippen LogP contribution in [0.2, 0.25) is 0 Å². The number of hydrogen-bond donors (Lipinski definition) is 1. The number of benzene rings is 1. The van der Waals surface area contributed by atoms with Gasteiger partial charge in [0.25, 0.3) is 5.91 Å². The van der Waals surface area contributed by atoms with Gasteiger partial charge in [0.15, 0.2) is 0 Å². The molecule has 0 saturated carbocycles. The normalized spacial score (nSPS) is 12.2. The van der Waals surface area contributed by atoms with E-state index in [9.17, 15) is 4.79 Å². The van der Waals surface area contributed by atoms with Crippen molar-refractivity contribution in [3.63, 3.8) is 0 Å². The zero-order valence-electron chi connectivity index (χ0n) is 9.58. The SMILES string of the molecule is COCC(CCBr)NC(=O)c1cccc(Br)c1. The molecule has 0 saturated heterocycles. The zero-order chi connectivity index (χ0) is 12.7. The molecule has 0 radical (unpaired) electrons. The lowest BCUT2D eigenvalue weighted by Crippen LogP contribution is -2.38. The molecule has 1 rings (SSSR count). The number of rotatable bonds is 6. The summed E-state index contributed by atoms with van der Waals surface area (Å²) in [4.78, 5) is 12.0. The third-order valence-corrected chi connectivity index (χ3v) is 3.20. The third kappa shape index (κ3) is 5.19. The van der Waals surface area contributed by atoms with E-state index in [1.165, 1.54) is 0 Å². The monoisotopic (exact) mass is 363 g/mol. The minimum Gasteiger partial charge on any atom is -0.383 e. The Morgan fingerprint density at radius 1 is 1.53 bits per heavy atom. The highest BCUT2D eigenvalue weighted by Gasteiger charge is 2.13. The summed E-state index contributed by atoms with van der Waals surface area (Å²) in [5.74, 6) is -0.0747. The van der Waals surface area contributed by atoms with E-state index in [0.717, 1.165) is 16.2 Å². The molecule has 1 aromatic carbocycles. The van der Waals surface area contributed by atoms with E-state index >= 15 is 0 Å². The molecule has 3 nitrogen and oxygen atoms in total. The number of nitrogens with one attached hydrogen (secondary N) is 1. The van der Waals surface area contributed by atoms with Gasteiger partial charge in [-0.15, -0.1) is 0 Å². The molecule has 5 heteroatoms. The third-order valence-electron chi connectivity index (χ3n) is 2.25. The molecule has 0 spiro atoms. The average Bonchev–Trinajstić information content (AvgIpc) is 2.29. The van der Waals surface area contributed by atoms with Crippen molar-refractivity contribution in [3.05, 3.63) is 34.3 Å². The smallest absolute Gasteiger partial charge is 0.251 e. The van der Waals surface area contributed by atoms with Crippen LogP contribution < -0.4 is 5.32 Å². The number of amides is 1. The van der Waals surface area contributed by atoms with Gasteiger partial charge in [-0.25, -0.2) is 0 Å². The minimum absolute atomic E-state index is 0.0332. The van der Waals surface area contributed by atoms with Crippen molar-refractivity contribution in [1.82, 2.24) is 5.32 Å². The highest BCUT2D eigenvalue weighted by molar-refractivity contribution is 9.10. The second-order valence-corrected chi connectivity index (χ2v) is 5.32. The summed E-state index contributed by atoms with van der Waals surface area (Å²) in [5, 5.41) is 3.78. The van der Waals surface area contributed by atoms with Crippen molar-refractivity contribution in [1.29, 1.82) is 0 Å². The Labute approximate surface area is 118 Å². The van der Waals surface area contributed by atoms with Crippen molar-refractivity contribution in [3.8, 4) is 0 Å². The Bertz CT molecular complexity index is 365. The van der Waals surface area contributed by atoms with Gasteiger partial charge >= 0.3 is 0 Å². The first kappa shape index (κ1) is 14.7. The van der Waals surface area contributed by atoms with Crippen molar-refractivity contribution < 1.29 is 9.53 Å². The molecule has 0 aromatic heterocycles. The Hall–Kier alpha value is -0.390. The first-order chi connectivity index (χ1) is 8.17. The van der Waals surface area contributed by atoms with Crippen molar-refractivity contribution in [2.24, 2.45) is 0 Å². The van der Waals surface area contributed by atoms with Crippen LogP contribution in [0.1, 0.15) is 16.8 Å². The Balaban J connectivity index is 2.63. The molecule has 0 aliphatic rings. The van der Waals surface area contributed by atoms with Gasteiger partial charge in [0, 0.05) is 22.5 Å². The number of carbonyl (C=O) groups excluding carboxylic acids is 1. The van der Waals surface area contributed by atoms with Crippen LogP contribution in [0.5, 0.6) is 0 Å². The van der Waals surface area contributed by atoms with Gasteiger partial charge in [-0.2, -0.15) is 0 Å². The minimum atomic E-state index is -0.0747. The Kier molecular flexibility index (Phi) is 6.77. The molecule has 0 heterocycles. The van der Waals surface area contributed by atoms with Crippen LogP contribution in [-0.4, -0.2) is 31.0 Å². The van der Waals surface area contributed by atoms with Crippen LogP contribution in [0.4, 0.5) is 0 Å². The van der Waals surface area contributed by atoms with E-state index in [0.29, 0.717) is 12.2 Å². The number of hydrogen-bond acceptors (Lipinski definition) is 2. The standard InChI is InChI=1S/C12H15Br2NO2/c1-17-8-11(5-6-13)15-12(16)9-3-2-4-10(14)7-9/h2-4,7,11H,5-6,8H2,1H3,(H,15,16). The molecule has 1 atom stereocenters. The summed E-state index contributed by atoms with van der Waals surface area (Å²) in [6.07, 6.45) is 0.841. The van der Waals surface area contributed by atoms with Gasteiger partial charge in [0.1, 0.15) is 0 Å². The predicted molar refractivity (Wildman–Crippen MR) is 75.7 cm³/mol. The maximum absolute atomic E-state index is 12.0. The second-order valence-electron chi connectivity index (χ2n) is 3.61. The fourth-order valence-corrected chi connectivity index (χ4v) is 2.38. The summed E-state index contributed by atoms with van der Waals surface area (Å²) < 4.78 is 5.97. The summed E-state index contributed by atoms with van der Waals surface area (Å²) in [7, 11) is 1.63. The van der Waals surface area contributed by atoms with Crippen LogP contribution in [0, 0.1) is 0 Å². The predicted octanol–water partition coefficient (Wildman–Crippen LogP) is 2.98. The van der Waals surface area contributed by atoms with E-state index in [1.807, 2.05) is 12.1 Å². The number of ether oxygens (including phenoxy) is 1. The highest BCUT2D eigenvalue weighted by Crippen LogP contribution is 2.12. The Morgan fingerprint density at radius 3 is 2.88 bits per heavy atom. The van der Waals surface area contributed by atoms with E-state index in [-0.39, 0.29) is 11.9 Å². The van der Waals surface area contributed by atoms with E-state index in [1.54, 1.807) is 19.2 Å². The number of alkyl halides is 1. The molecule has 94 valence electrons. The van der Waals surface area contributed by atoms with Crippen LogP contribution >= 0.6 is 31.9 Å². The quantitative estimate of drug-likeness (QED) is 0.788. The van der Waals surface area contributed by atoms with Gasteiger partial charge in [-0.05, 0) is 24.6 Å². The number of methoxy groups -OCH3 is 1. The highest BCUT2D eigenvalue weighted by atomic mass is 79.9. The lowest BCUT2D eigenvalue weighted by atomic mass is 10.2. The molecule has 0 fully saturated rings.